The Kier molecular flexibility index (Phi) is 16.7. The van der Waals surface area contributed by atoms with Crippen LogP contribution in [0.4, 0.5) is 4.39 Å². The minimum absolute atomic E-state index is 0.00363. The molecule has 1 fully saturated rings. The van der Waals surface area contributed by atoms with E-state index in [1.807, 2.05) is 42.5 Å². The summed E-state index contributed by atoms with van der Waals surface area (Å²) >= 11 is 0. The second kappa shape index (κ2) is 22.5. The van der Waals surface area contributed by atoms with Crippen molar-refractivity contribution in [3.8, 4) is 5.75 Å². The van der Waals surface area contributed by atoms with E-state index >= 15 is 0 Å². The molecule has 0 aromatic heterocycles. The number of aromatic hydroxyl groups is 1. The Hall–Kier alpha value is -7.04. The van der Waals surface area contributed by atoms with Crippen molar-refractivity contribution in [2.75, 3.05) is 26.2 Å². The van der Waals surface area contributed by atoms with Gasteiger partial charge in [0.15, 0.2) is 5.96 Å². The Morgan fingerprint density at radius 1 is 0.774 bits per heavy atom. The molecule has 1 aliphatic heterocycles. The normalized spacial score (nSPS) is 19.0. The number of guanidine groups is 1. The second-order valence-electron chi connectivity index (χ2n) is 15.2. The number of unbranched alkanes of at least 4 members (excludes halogenated alkanes) is 2. The standard InChI is InChI=1S/C45H54FN9O7/c1-28-40(58)53-36(10-7-22-50-45(47)48)43(61)54-37(26-30-11-14-31-8-3-4-9-33(31)24-30)42(60)51-27-39(57)52-38(25-29-12-19-35(56)20-13-29)44(62)55(28)23-6-2-5-21-49-41(59)32-15-17-34(46)18-16-32/h3-4,8-9,11-20,24,28,36-38,56H,2,5-7,10,21-23,25-27H2,1H3,(H,49,59)(H,51,60)(H,52,57)(H,53,58)(H,54,61)(H4,47,48,50)/t28-,36+,37+,38-/m1/s1. The van der Waals surface area contributed by atoms with Gasteiger partial charge in [0.1, 0.15) is 35.7 Å². The third-order valence-electron chi connectivity index (χ3n) is 10.5. The summed E-state index contributed by atoms with van der Waals surface area (Å²) in [6.45, 7) is 1.51. The van der Waals surface area contributed by atoms with Crippen LogP contribution in [0, 0.1) is 5.82 Å². The maximum absolute atomic E-state index is 14.6. The van der Waals surface area contributed by atoms with E-state index in [0.717, 1.165) is 16.3 Å². The van der Waals surface area contributed by atoms with Crippen LogP contribution in [0.3, 0.4) is 0 Å². The van der Waals surface area contributed by atoms with Gasteiger partial charge >= 0.3 is 0 Å². The highest BCUT2D eigenvalue weighted by atomic mass is 19.1. The lowest BCUT2D eigenvalue weighted by molar-refractivity contribution is -0.143. The van der Waals surface area contributed by atoms with Crippen molar-refractivity contribution >= 4 is 52.2 Å². The van der Waals surface area contributed by atoms with Crippen LogP contribution in [0.1, 0.15) is 60.5 Å². The van der Waals surface area contributed by atoms with Gasteiger partial charge in [-0.2, -0.15) is 0 Å². The Labute approximate surface area is 359 Å². The summed E-state index contributed by atoms with van der Waals surface area (Å²) in [4.78, 5) is 88.1. The number of hydrogen-bond acceptors (Lipinski definition) is 8. The highest BCUT2D eigenvalue weighted by Gasteiger charge is 2.35. The molecule has 10 N–H and O–H groups in total. The van der Waals surface area contributed by atoms with E-state index in [2.05, 4.69) is 31.6 Å². The van der Waals surface area contributed by atoms with Crippen LogP contribution in [0.5, 0.6) is 5.75 Å². The van der Waals surface area contributed by atoms with Crippen LogP contribution >= 0.6 is 0 Å². The zero-order chi connectivity index (χ0) is 44.6. The number of fused-ring (bicyclic) bond motifs is 1. The number of amides is 6. The predicted molar refractivity (Wildman–Crippen MR) is 232 cm³/mol. The van der Waals surface area contributed by atoms with Crippen LogP contribution in [0.25, 0.3) is 10.8 Å². The summed E-state index contributed by atoms with van der Waals surface area (Å²) in [7, 11) is 0. The fourth-order valence-electron chi connectivity index (χ4n) is 7.08. The van der Waals surface area contributed by atoms with Crippen molar-refractivity contribution < 1.29 is 38.3 Å². The van der Waals surface area contributed by atoms with Crippen molar-refractivity contribution in [1.82, 2.24) is 31.5 Å². The number of aliphatic imine (C=N–C) groups is 1. The number of hydrogen-bond donors (Lipinski definition) is 8. The summed E-state index contributed by atoms with van der Waals surface area (Å²) < 4.78 is 13.3. The van der Waals surface area contributed by atoms with E-state index in [0.29, 0.717) is 36.9 Å². The minimum Gasteiger partial charge on any atom is -0.508 e. The summed E-state index contributed by atoms with van der Waals surface area (Å²) in [5.41, 5.74) is 12.7. The molecule has 5 rings (SSSR count). The number of nitrogens with zero attached hydrogens (tertiary/aromatic N) is 2. The Balaban J connectivity index is 1.40. The molecule has 1 heterocycles. The molecule has 0 saturated carbocycles. The third kappa shape index (κ3) is 13.8. The molecule has 16 nitrogen and oxygen atoms in total. The number of benzene rings is 4. The van der Waals surface area contributed by atoms with Crippen molar-refractivity contribution in [3.63, 3.8) is 0 Å². The van der Waals surface area contributed by atoms with Crippen molar-refractivity contribution in [3.05, 3.63) is 114 Å². The minimum atomic E-state index is -1.21. The first-order chi connectivity index (χ1) is 29.8. The molecule has 62 heavy (non-hydrogen) atoms. The molecule has 0 unspecified atom stereocenters. The zero-order valence-corrected chi connectivity index (χ0v) is 34.6. The van der Waals surface area contributed by atoms with Crippen LogP contribution in [-0.4, -0.2) is 102 Å². The van der Waals surface area contributed by atoms with E-state index in [1.54, 1.807) is 12.1 Å². The monoisotopic (exact) mass is 851 g/mol. The molecule has 4 aromatic rings. The highest BCUT2D eigenvalue weighted by Crippen LogP contribution is 2.18. The molecule has 0 bridgehead atoms. The summed E-state index contributed by atoms with van der Waals surface area (Å²) in [5, 5.41) is 25.6. The molecule has 0 aliphatic carbocycles. The van der Waals surface area contributed by atoms with Gasteiger partial charge in [-0.05, 0) is 97.3 Å². The number of carbonyl (C=O) groups excluding carboxylic acids is 6. The maximum atomic E-state index is 14.6. The number of rotatable bonds is 15. The van der Waals surface area contributed by atoms with Crippen LogP contribution in [0.2, 0.25) is 0 Å². The number of phenols is 1. The second-order valence-corrected chi connectivity index (χ2v) is 15.2. The van der Waals surface area contributed by atoms with Crippen molar-refractivity contribution in [2.24, 2.45) is 16.5 Å². The smallest absolute Gasteiger partial charge is 0.251 e. The van der Waals surface area contributed by atoms with Crippen molar-refractivity contribution in [1.29, 1.82) is 0 Å². The molecular formula is C45H54FN9O7. The molecule has 1 aliphatic rings. The number of phenolic OH excluding ortho intramolecular Hbond substituents is 1. The van der Waals surface area contributed by atoms with Crippen LogP contribution < -0.4 is 38.1 Å². The van der Waals surface area contributed by atoms with E-state index in [1.165, 1.54) is 48.2 Å². The van der Waals surface area contributed by atoms with Gasteiger partial charge < -0.3 is 48.1 Å². The molecule has 328 valence electrons. The molecule has 4 atom stereocenters. The summed E-state index contributed by atoms with van der Waals surface area (Å²) in [6.07, 6.45) is 1.83. The Morgan fingerprint density at radius 3 is 2.18 bits per heavy atom. The lowest BCUT2D eigenvalue weighted by Gasteiger charge is -2.33. The van der Waals surface area contributed by atoms with Gasteiger partial charge in [-0.15, -0.1) is 0 Å². The van der Waals surface area contributed by atoms with Gasteiger partial charge in [-0.25, -0.2) is 4.39 Å². The molecule has 17 heteroatoms. The maximum Gasteiger partial charge on any atom is 0.251 e. The van der Waals surface area contributed by atoms with E-state index in [4.69, 9.17) is 11.5 Å². The predicted octanol–water partition coefficient (Wildman–Crippen LogP) is 1.92. The molecule has 6 amide bonds. The molecule has 0 spiro atoms. The Morgan fingerprint density at radius 2 is 1.45 bits per heavy atom. The third-order valence-corrected chi connectivity index (χ3v) is 10.5. The first-order valence-electron chi connectivity index (χ1n) is 20.6. The topological polar surface area (TPSA) is 250 Å². The lowest BCUT2D eigenvalue weighted by Crippen LogP contribution is -2.58. The average Bonchev–Trinajstić information content (AvgIpc) is 3.25. The van der Waals surface area contributed by atoms with Crippen molar-refractivity contribution in [2.45, 2.75) is 76.0 Å². The summed E-state index contributed by atoms with van der Waals surface area (Å²) in [6, 6.07) is 19.9. The Bertz CT molecular complexity index is 2230. The first kappa shape index (κ1) is 46.0. The van der Waals surface area contributed by atoms with Gasteiger partial charge in [0.05, 0.1) is 6.54 Å². The molecule has 1 saturated heterocycles. The quantitative estimate of drug-likeness (QED) is 0.0494. The zero-order valence-electron chi connectivity index (χ0n) is 34.6. The number of nitrogens with one attached hydrogen (secondary N) is 5. The van der Waals surface area contributed by atoms with Gasteiger partial charge in [0, 0.05) is 38.0 Å². The largest absolute Gasteiger partial charge is 0.508 e. The summed E-state index contributed by atoms with van der Waals surface area (Å²) in [5.74, 6) is -4.23. The van der Waals surface area contributed by atoms with E-state index in [-0.39, 0.29) is 56.4 Å². The fourth-order valence-corrected chi connectivity index (χ4v) is 7.08. The first-order valence-corrected chi connectivity index (χ1v) is 20.6. The van der Waals surface area contributed by atoms with E-state index < -0.39 is 66.1 Å². The van der Waals surface area contributed by atoms with Gasteiger partial charge in [-0.1, -0.05) is 54.6 Å². The molecule has 4 aromatic carbocycles. The fraction of sp³-hybridized carbons (Fsp3) is 0.356. The number of nitrogens with two attached hydrogens (primary N) is 2. The average molecular weight is 852 g/mol. The van der Waals surface area contributed by atoms with Gasteiger partial charge in [-0.3, -0.25) is 33.8 Å². The number of carbonyl (C=O) groups is 6. The SMILES string of the molecule is C[C@@H]1C(=O)N[C@@H](CCCN=C(N)N)C(=O)N[C@@H](Cc2ccc3ccccc3c2)C(=O)NCC(=O)N[C@H](Cc2ccc(O)cc2)C(=O)N1CCCCCNC(=O)c1ccc(F)cc1. The van der Waals surface area contributed by atoms with Gasteiger partial charge in [0.2, 0.25) is 29.5 Å². The van der Waals surface area contributed by atoms with Crippen LogP contribution in [0.15, 0.2) is 96.0 Å². The van der Waals surface area contributed by atoms with Crippen LogP contribution in [-0.2, 0) is 36.8 Å². The molecular weight excluding hydrogens is 798 g/mol. The number of halogens is 1. The van der Waals surface area contributed by atoms with E-state index in [9.17, 15) is 38.3 Å². The van der Waals surface area contributed by atoms with Gasteiger partial charge in [0.25, 0.3) is 5.91 Å². The highest BCUT2D eigenvalue weighted by molar-refractivity contribution is 5.97. The lowest BCUT2D eigenvalue weighted by atomic mass is 10.0. The molecule has 0 radical (unpaired) electrons.